The van der Waals surface area contributed by atoms with Crippen molar-refractivity contribution in [1.29, 1.82) is 0 Å². The van der Waals surface area contributed by atoms with E-state index in [2.05, 4.69) is 5.32 Å². The van der Waals surface area contributed by atoms with Crippen LogP contribution in [0.15, 0.2) is 72.8 Å². The molecule has 0 saturated heterocycles. The molecule has 1 N–H and O–H groups in total. The Balaban J connectivity index is 1.76. The monoisotopic (exact) mass is 435 g/mol. The second-order valence-electron chi connectivity index (χ2n) is 7.42. The maximum Gasteiger partial charge on any atom is 0.231 e. The molecule has 0 aliphatic rings. The first-order valence-electron chi connectivity index (χ1n) is 10.4. The number of nitrogens with one attached hydrogen (secondary N) is 1. The van der Waals surface area contributed by atoms with E-state index in [0.29, 0.717) is 24.5 Å². The molecule has 5 heteroatoms. The maximum absolute atomic E-state index is 13.0. The number of ether oxygens (including phenoxy) is 1. The first kappa shape index (κ1) is 22.6. The van der Waals surface area contributed by atoms with E-state index in [1.54, 1.807) is 12.1 Å². The average molecular weight is 436 g/mol. The summed E-state index contributed by atoms with van der Waals surface area (Å²) in [6.07, 6.45) is 2.85. The van der Waals surface area contributed by atoms with E-state index in [0.717, 1.165) is 40.8 Å². The number of hydrogen-bond donors (Lipinski definition) is 1. The molecule has 1 atom stereocenters. The number of benzene rings is 3. The summed E-state index contributed by atoms with van der Waals surface area (Å²) in [5, 5.41) is 3.67. The molecule has 0 aliphatic heterocycles. The Kier molecular flexibility index (Phi) is 8.25. The van der Waals surface area contributed by atoms with Gasteiger partial charge in [-0.1, -0.05) is 54.1 Å². The molecule has 4 nitrogen and oxygen atoms in total. The molecule has 31 heavy (non-hydrogen) atoms. The minimum atomic E-state index is -0.356. The van der Waals surface area contributed by atoms with Gasteiger partial charge in [0.25, 0.3) is 0 Å². The highest BCUT2D eigenvalue weighted by Gasteiger charge is 2.17. The van der Waals surface area contributed by atoms with Crippen LogP contribution >= 0.6 is 11.6 Å². The zero-order chi connectivity index (χ0) is 22.1. The van der Waals surface area contributed by atoms with Crippen LogP contribution in [0.25, 0.3) is 0 Å². The quantitative estimate of drug-likeness (QED) is 0.305. The number of aryl methyl sites for hydroxylation is 1. The number of carbonyl (C=O) groups is 2. The second-order valence-corrected chi connectivity index (χ2v) is 7.85. The van der Waals surface area contributed by atoms with Crippen LogP contribution in [0.3, 0.4) is 0 Å². The fraction of sp³-hybridized carbons (Fsp3) is 0.231. The number of unbranched alkanes of at least 4 members (excludes halogenated alkanes) is 1. The molecule has 160 valence electrons. The van der Waals surface area contributed by atoms with Gasteiger partial charge in [-0.15, -0.1) is 0 Å². The van der Waals surface area contributed by atoms with Crippen molar-refractivity contribution in [3.8, 4) is 5.75 Å². The molecule has 0 radical (unpaired) electrons. The summed E-state index contributed by atoms with van der Waals surface area (Å²) in [6, 6.07) is 22.9. The van der Waals surface area contributed by atoms with E-state index in [4.69, 9.17) is 16.3 Å². The summed E-state index contributed by atoms with van der Waals surface area (Å²) in [6.45, 7) is 2.25. The lowest BCUT2D eigenvalue weighted by molar-refractivity contribution is -0.117. The number of carbonyl (C=O) groups excluding carboxylic acids is 2. The van der Waals surface area contributed by atoms with Gasteiger partial charge in [0.15, 0.2) is 0 Å². The van der Waals surface area contributed by atoms with Crippen molar-refractivity contribution in [2.45, 2.75) is 38.7 Å². The molecule has 0 bridgehead atoms. The SMILES string of the molecule is CC(C(=O)Nc1cc(COc2ccccc2)ccc1CCCC=O)c1cccc(Cl)c1. The predicted molar refractivity (Wildman–Crippen MR) is 125 cm³/mol. The van der Waals surface area contributed by atoms with E-state index in [-0.39, 0.29) is 11.8 Å². The lowest BCUT2D eigenvalue weighted by Crippen LogP contribution is -2.20. The molecule has 1 amide bonds. The smallest absolute Gasteiger partial charge is 0.231 e. The van der Waals surface area contributed by atoms with Crippen molar-refractivity contribution in [3.05, 3.63) is 94.5 Å². The molecule has 1 unspecified atom stereocenters. The van der Waals surface area contributed by atoms with Crippen molar-refractivity contribution in [3.63, 3.8) is 0 Å². The van der Waals surface area contributed by atoms with Crippen LogP contribution < -0.4 is 10.1 Å². The summed E-state index contributed by atoms with van der Waals surface area (Å²) in [5.41, 5.74) is 3.56. The summed E-state index contributed by atoms with van der Waals surface area (Å²) >= 11 is 6.08. The van der Waals surface area contributed by atoms with Gasteiger partial charge in [0.05, 0.1) is 5.92 Å². The van der Waals surface area contributed by atoms with Crippen LogP contribution in [0, 0.1) is 0 Å². The number of amides is 1. The summed E-state index contributed by atoms with van der Waals surface area (Å²) in [7, 11) is 0. The van der Waals surface area contributed by atoms with Gasteiger partial charge in [-0.05, 0) is 66.8 Å². The van der Waals surface area contributed by atoms with Crippen LogP contribution in [-0.4, -0.2) is 12.2 Å². The van der Waals surface area contributed by atoms with Crippen molar-refractivity contribution in [1.82, 2.24) is 0 Å². The molecular weight excluding hydrogens is 410 g/mol. The number of anilines is 1. The van der Waals surface area contributed by atoms with E-state index in [1.807, 2.05) is 67.6 Å². The molecule has 3 rings (SSSR count). The van der Waals surface area contributed by atoms with Gasteiger partial charge in [0.2, 0.25) is 5.91 Å². The van der Waals surface area contributed by atoms with Gasteiger partial charge >= 0.3 is 0 Å². The van der Waals surface area contributed by atoms with Gasteiger partial charge in [0, 0.05) is 17.1 Å². The Morgan fingerprint density at radius 2 is 1.87 bits per heavy atom. The predicted octanol–water partition coefficient (Wildman–Crippen LogP) is 6.18. The Morgan fingerprint density at radius 1 is 1.06 bits per heavy atom. The van der Waals surface area contributed by atoms with Crippen LogP contribution in [0.4, 0.5) is 5.69 Å². The Labute approximate surface area is 188 Å². The first-order valence-corrected chi connectivity index (χ1v) is 10.7. The van der Waals surface area contributed by atoms with Crippen LogP contribution in [0.2, 0.25) is 5.02 Å². The third kappa shape index (κ3) is 6.69. The summed E-state index contributed by atoms with van der Waals surface area (Å²) < 4.78 is 5.85. The van der Waals surface area contributed by atoms with E-state index >= 15 is 0 Å². The fourth-order valence-corrected chi connectivity index (χ4v) is 3.47. The molecule has 0 saturated carbocycles. The highest BCUT2D eigenvalue weighted by Crippen LogP contribution is 2.25. The van der Waals surface area contributed by atoms with Crippen LogP contribution in [0.5, 0.6) is 5.75 Å². The van der Waals surface area contributed by atoms with Gasteiger partial charge < -0.3 is 14.8 Å². The van der Waals surface area contributed by atoms with Gasteiger partial charge in [-0.2, -0.15) is 0 Å². The van der Waals surface area contributed by atoms with E-state index in [1.165, 1.54) is 0 Å². The molecule has 3 aromatic rings. The third-order valence-corrected chi connectivity index (χ3v) is 5.33. The number of para-hydroxylation sites is 1. The number of rotatable bonds is 10. The molecule has 3 aromatic carbocycles. The fourth-order valence-electron chi connectivity index (χ4n) is 3.28. The molecule has 0 heterocycles. The van der Waals surface area contributed by atoms with Crippen molar-refractivity contribution >= 4 is 29.5 Å². The second kappa shape index (κ2) is 11.3. The van der Waals surface area contributed by atoms with Gasteiger partial charge in [-0.3, -0.25) is 4.79 Å². The number of aldehydes is 1. The molecule has 0 aliphatic carbocycles. The molecule has 0 spiro atoms. The van der Waals surface area contributed by atoms with Crippen molar-refractivity contribution < 1.29 is 14.3 Å². The van der Waals surface area contributed by atoms with Gasteiger partial charge in [-0.25, -0.2) is 0 Å². The number of hydrogen-bond acceptors (Lipinski definition) is 3. The third-order valence-electron chi connectivity index (χ3n) is 5.09. The normalized spacial score (nSPS) is 11.5. The summed E-state index contributed by atoms with van der Waals surface area (Å²) in [5.74, 6) is 0.323. The number of halogens is 1. The topological polar surface area (TPSA) is 55.4 Å². The lowest BCUT2D eigenvalue weighted by Gasteiger charge is -2.17. The van der Waals surface area contributed by atoms with Gasteiger partial charge in [0.1, 0.15) is 18.6 Å². The molecule has 0 fully saturated rings. The van der Waals surface area contributed by atoms with Crippen LogP contribution in [0.1, 0.15) is 42.4 Å². The average Bonchev–Trinajstić information content (AvgIpc) is 2.79. The highest BCUT2D eigenvalue weighted by atomic mass is 35.5. The minimum absolute atomic E-state index is 0.111. The lowest BCUT2D eigenvalue weighted by atomic mass is 9.99. The maximum atomic E-state index is 13.0. The zero-order valence-corrected chi connectivity index (χ0v) is 18.3. The van der Waals surface area contributed by atoms with Crippen molar-refractivity contribution in [2.24, 2.45) is 0 Å². The van der Waals surface area contributed by atoms with E-state index in [9.17, 15) is 9.59 Å². The van der Waals surface area contributed by atoms with Crippen LogP contribution in [-0.2, 0) is 22.6 Å². The first-order chi connectivity index (χ1) is 15.1. The Hall–Kier alpha value is -3.11. The van der Waals surface area contributed by atoms with Crippen molar-refractivity contribution in [2.75, 3.05) is 5.32 Å². The zero-order valence-electron chi connectivity index (χ0n) is 17.5. The minimum Gasteiger partial charge on any atom is -0.489 e. The Bertz CT molecular complexity index is 1020. The molecule has 0 aromatic heterocycles. The van der Waals surface area contributed by atoms with E-state index < -0.39 is 0 Å². The highest BCUT2D eigenvalue weighted by molar-refractivity contribution is 6.30. The summed E-state index contributed by atoms with van der Waals surface area (Å²) in [4.78, 5) is 23.7. The largest absolute Gasteiger partial charge is 0.489 e. The standard InChI is InChI=1S/C26H26ClNO3/c1-19(22-9-7-10-23(27)17-22)26(30)28-25-16-20(13-14-21(25)8-5-6-15-29)18-31-24-11-3-2-4-12-24/h2-4,7,9-17,19H,5-6,8,18H2,1H3,(H,28,30). The molecular formula is C26H26ClNO3. The Morgan fingerprint density at radius 3 is 2.61 bits per heavy atom.